The average molecular weight is 353 g/mol. The molecule has 1 aliphatic heterocycles. The Morgan fingerprint density at radius 3 is 2.32 bits per heavy atom. The van der Waals surface area contributed by atoms with Gasteiger partial charge in [-0.1, -0.05) is 0 Å². The maximum atomic E-state index is 13.4. The fourth-order valence-corrected chi connectivity index (χ4v) is 2.47. The van der Waals surface area contributed by atoms with E-state index in [0.29, 0.717) is 11.3 Å². The second kappa shape index (κ2) is 5.65. The molecule has 0 spiro atoms. The highest BCUT2D eigenvalue weighted by Crippen LogP contribution is 2.41. The van der Waals surface area contributed by atoms with Crippen molar-refractivity contribution in [2.45, 2.75) is 25.8 Å². The molecule has 0 saturated carbocycles. The van der Waals surface area contributed by atoms with Crippen LogP contribution in [0, 0.1) is 0 Å². The van der Waals surface area contributed by atoms with Crippen molar-refractivity contribution in [1.82, 2.24) is 4.98 Å². The zero-order valence-electron chi connectivity index (χ0n) is 13.6. The van der Waals surface area contributed by atoms with Gasteiger partial charge in [0, 0.05) is 25.5 Å². The average Bonchev–Trinajstić information content (AvgIpc) is 2.51. The molecule has 0 atom stereocenters. The summed E-state index contributed by atoms with van der Waals surface area (Å²) in [6.45, 7) is 2.88. The van der Waals surface area contributed by atoms with E-state index in [1.807, 2.05) is 0 Å². The van der Waals surface area contributed by atoms with E-state index in [-0.39, 0.29) is 11.4 Å². The number of hydrogen-bond donors (Lipinski definition) is 0. The number of methoxy groups -OCH3 is 1. The fourth-order valence-electron chi connectivity index (χ4n) is 2.47. The number of benzene rings is 1. The summed E-state index contributed by atoms with van der Waals surface area (Å²) >= 11 is 0. The van der Waals surface area contributed by atoms with Gasteiger partial charge in [-0.3, -0.25) is 0 Å². The molecule has 132 valence electrons. The molecule has 1 aromatic carbocycles. The monoisotopic (exact) mass is 353 g/mol. The summed E-state index contributed by atoms with van der Waals surface area (Å²) in [5, 5.41) is 0. The number of nitrogens with zero attached hydrogens (tertiary/aromatic N) is 1. The number of carbonyl (C=O) groups excluding carboxylic acids is 1. The van der Waals surface area contributed by atoms with Crippen molar-refractivity contribution in [1.29, 1.82) is 0 Å². The summed E-state index contributed by atoms with van der Waals surface area (Å²) in [4.78, 5) is 15.7. The lowest BCUT2D eigenvalue weighted by Gasteiger charge is -2.32. The number of esters is 1. The second-order valence-electron chi connectivity index (χ2n) is 5.85. The van der Waals surface area contributed by atoms with Gasteiger partial charge in [0.15, 0.2) is 5.69 Å². The van der Waals surface area contributed by atoms with Crippen molar-refractivity contribution in [2.24, 2.45) is 0 Å². The van der Waals surface area contributed by atoms with Crippen LogP contribution in [0.25, 0.3) is 11.3 Å². The van der Waals surface area contributed by atoms with Gasteiger partial charge in [0.1, 0.15) is 17.1 Å². The first-order chi connectivity index (χ1) is 11.6. The Kier molecular flexibility index (Phi) is 3.85. The number of aromatic nitrogens is 1. The Hall–Kier alpha value is -2.77. The van der Waals surface area contributed by atoms with E-state index in [0.717, 1.165) is 0 Å². The van der Waals surface area contributed by atoms with Gasteiger partial charge < -0.3 is 14.2 Å². The SMILES string of the molecule is COc1ccc(-c2cc3c(c(C(F)(F)F)n2)C(=O)OC(C)(C)O3)cc1. The Bertz CT molecular complexity index is 829. The van der Waals surface area contributed by atoms with Gasteiger partial charge in [0.05, 0.1) is 12.8 Å². The number of fused-ring (bicyclic) bond motifs is 1. The van der Waals surface area contributed by atoms with Crippen LogP contribution in [0.1, 0.15) is 29.9 Å². The van der Waals surface area contributed by atoms with Crippen molar-refractivity contribution < 1.29 is 32.2 Å². The van der Waals surface area contributed by atoms with Crippen molar-refractivity contribution in [2.75, 3.05) is 7.11 Å². The van der Waals surface area contributed by atoms with Crippen LogP contribution in [0.4, 0.5) is 13.2 Å². The van der Waals surface area contributed by atoms with E-state index < -0.39 is 29.2 Å². The molecule has 25 heavy (non-hydrogen) atoms. The lowest BCUT2D eigenvalue weighted by atomic mass is 10.1. The van der Waals surface area contributed by atoms with Gasteiger partial charge in [0.25, 0.3) is 0 Å². The molecule has 0 aliphatic carbocycles. The van der Waals surface area contributed by atoms with Gasteiger partial charge in [0.2, 0.25) is 5.79 Å². The molecule has 0 radical (unpaired) electrons. The molecule has 1 aromatic heterocycles. The lowest BCUT2D eigenvalue weighted by Crippen LogP contribution is -2.40. The number of rotatable bonds is 2. The number of pyridine rings is 1. The van der Waals surface area contributed by atoms with Crippen molar-refractivity contribution in [3.8, 4) is 22.8 Å². The third kappa shape index (κ3) is 3.24. The number of ether oxygens (including phenoxy) is 3. The lowest BCUT2D eigenvalue weighted by molar-refractivity contribution is -0.148. The third-order valence-corrected chi connectivity index (χ3v) is 3.54. The Morgan fingerprint density at radius 1 is 1.12 bits per heavy atom. The van der Waals surface area contributed by atoms with Gasteiger partial charge >= 0.3 is 12.1 Å². The highest BCUT2D eigenvalue weighted by Gasteiger charge is 2.45. The molecule has 0 bridgehead atoms. The molecule has 0 amide bonds. The van der Waals surface area contributed by atoms with E-state index in [2.05, 4.69) is 4.98 Å². The van der Waals surface area contributed by atoms with E-state index in [9.17, 15) is 18.0 Å². The first-order valence-electron chi connectivity index (χ1n) is 7.30. The fraction of sp³-hybridized carbons (Fsp3) is 0.294. The first-order valence-corrected chi connectivity index (χ1v) is 7.30. The van der Waals surface area contributed by atoms with Crippen LogP contribution in [0.15, 0.2) is 30.3 Å². The topological polar surface area (TPSA) is 57.7 Å². The minimum Gasteiger partial charge on any atom is -0.497 e. The summed E-state index contributed by atoms with van der Waals surface area (Å²) in [6.07, 6.45) is -4.84. The van der Waals surface area contributed by atoms with Crippen LogP contribution in [0.2, 0.25) is 0 Å². The molecule has 2 aromatic rings. The molecule has 5 nitrogen and oxygen atoms in total. The van der Waals surface area contributed by atoms with Crippen LogP contribution in [-0.4, -0.2) is 23.9 Å². The predicted molar refractivity (Wildman–Crippen MR) is 81.3 cm³/mol. The van der Waals surface area contributed by atoms with Crippen molar-refractivity contribution in [3.63, 3.8) is 0 Å². The number of alkyl halides is 3. The van der Waals surface area contributed by atoms with E-state index in [1.54, 1.807) is 24.3 Å². The molecule has 8 heteroatoms. The first kappa shape index (κ1) is 17.1. The Morgan fingerprint density at radius 2 is 1.76 bits per heavy atom. The number of carbonyl (C=O) groups is 1. The minimum atomic E-state index is -4.84. The maximum Gasteiger partial charge on any atom is 0.434 e. The van der Waals surface area contributed by atoms with E-state index >= 15 is 0 Å². The standard InChI is InChI=1S/C17H14F3NO4/c1-16(2)24-12-8-11(9-4-6-10(23-3)7-5-9)21-14(17(18,19)20)13(12)15(22)25-16/h4-8H,1-3H3. The van der Waals surface area contributed by atoms with Gasteiger partial charge in [-0.2, -0.15) is 13.2 Å². The zero-order chi connectivity index (χ0) is 18.4. The van der Waals surface area contributed by atoms with Crippen molar-refractivity contribution in [3.05, 3.63) is 41.6 Å². The third-order valence-electron chi connectivity index (χ3n) is 3.54. The van der Waals surface area contributed by atoms with Gasteiger partial charge in [-0.15, -0.1) is 0 Å². The quantitative estimate of drug-likeness (QED) is 0.762. The summed E-state index contributed by atoms with van der Waals surface area (Å²) < 4.78 is 55.6. The molecule has 2 heterocycles. The number of hydrogen-bond acceptors (Lipinski definition) is 5. The van der Waals surface area contributed by atoms with Crippen LogP contribution in [0.3, 0.4) is 0 Å². The Labute approximate surface area is 141 Å². The van der Waals surface area contributed by atoms with E-state index in [1.165, 1.54) is 27.0 Å². The Balaban J connectivity index is 2.20. The summed E-state index contributed by atoms with van der Waals surface area (Å²) in [5.74, 6) is -2.15. The summed E-state index contributed by atoms with van der Waals surface area (Å²) in [5.41, 5.74) is -1.60. The van der Waals surface area contributed by atoms with Crippen LogP contribution in [0.5, 0.6) is 11.5 Å². The zero-order valence-corrected chi connectivity index (χ0v) is 13.6. The maximum absolute atomic E-state index is 13.4. The largest absolute Gasteiger partial charge is 0.497 e. The molecule has 0 fully saturated rings. The van der Waals surface area contributed by atoms with Gasteiger partial charge in [-0.05, 0) is 24.3 Å². The molecule has 3 rings (SSSR count). The van der Waals surface area contributed by atoms with Crippen molar-refractivity contribution >= 4 is 5.97 Å². The number of cyclic esters (lactones) is 1. The molecule has 0 N–H and O–H groups in total. The molecular formula is C17H14F3NO4. The molecule has 1 aliphatic rings. The molecule has 0 unspecified atom stereocenters. The highest BCUT2D eigenvalue weighted by atomic mass is 19.4. The van der Waals surface area contributed by atoms with Gasteiger partial charge in [-0.25, -0.2) is 9.78 Å². The molecular weight excluding hydrogens is 339 g/mol. The predicted octanol–water partition coefficient (Wildman–Crippen LogP) is 4.06. The highest BCUT2D eigenvalue weighted by molar-refractivity contribution is 5.95. The molecule has 0 saturated heterocycles. The smallest absolute Gasteiger partial charge is 0.434 e. The summed E-state index contributed by atoms with van der Waals surface area (Å²) in [6, 6.07) is 7.64. The van der Waals surface area contributed by atoms with E-state index in [4.69, 9.17) is 14.2 Å². The van der Waals surface area contributed by atoms with Crippen LogP contribution in [-0.2, 0) is 10.9 Å². The minimum absolute atomic E-state index is 0.0271. The van der Waals surface area contributed by atoms with Crippen LogP contribution >= 0.6 is 0 Å². The number of halogens is 3. The summed E-state index contributed by atoms with van der Waals surface area (Å²) in [7, 11) is 1.48. The van der Waals surface area contributed by atoms with Crippen LogP contribution < -0.4 is 9.47 Å². The normalized spacial score (nSPS) is 15.8. The second-order valence-corrected chi connectivity index (χ2v) is 5.85.